The van der Waals surface area contributed by atoms with Gasteiger partial charge in [-0.1, -0.05) is 80.6 Å². The van der Waals surface area contributed by atoms with Crippen molar-refractivity contribution in [3.05, 3.63) is 108 Å². The second-order valence-corrected chi connectivity index (χ2v) is 11.2. The smallest absolute Gasteiger partial charge is 0.243 e. The van der Waals surface area contributed by atoms with Crippen molar-refractivity contribution in [2.75, 3.05) is 0 Å². The molecule has 0 saturated carbocycles. The monoisotopic (exact) mass is 595 g/mol. The van der Waals surface area contributed by atoms with E-state index in [1.165, 1.54) is 24.3 Å². The molecule has 0 aromatic heterocycles. The van der Waals surface area contributed by atoms with E-state index in [0.29, 0.717) is 11.8 Å². The van der Waals surface area contributed by atoms with Crippen LogP contribution in [0.4, 0.5) is 0 Å². The van der Waals surface area contributed by atoms with Crippen molar-refractivity contribution < 1.29 is 29.4 Å². The fourth-order valence-electron chi connectivity index (χ4n) is 4.94. The number of benzene rings is 4. The summed E-state index contributed by atoms with van der Waals surface area (Å²) in [6.07, 6.45) is 1.02. The molecular weight excluding hydrogens is 558 g/mol. The first-order chi connectivity index (χ1) is 21.1. The molecule has 0 fully saturated rings. The molecule has 0 radical (unpaired) electrons. The van der Waals surface area contributed by atoms with Crippen LogP contribution in [0.15, 0.2) is 91.0 Å². The summed E-state index contributed by atoms with van der Waals surface area (Å²) in [5.74, 6) is -1.62. The van der Waals surface area contributed by atoms with E-state index in [1.54, 1.807) is 38.1 Å². The Balaban J connectivity index is 1.47. The quantitative estimate of drug-likeness (QED) is 0.150. The number of amides is 3. The van der Waals surface area contributed by atoms with Gasteiger partial charge in [0.05, 0.1) is 12.5 Å². The molecule has 0 aliphatic heterocycles. The maximum Gasteiger partial charge on any atom is 0.243 e. The maximum absolute atomic E-state index is 13.6. The molecule has 4 aromatic carbocycles. The zero-order chi connectivity index (χ0) is 31.6. The molecule has 228 valence electrons. The summed E-state index contributed by atoms with van der Waals surface area (Å²) in [7, 11) is 0. The van der Waals surface area contributed by atoms with Gasteiger partial charge in [-0.2, -0.15) is 0 Å². The number of hydrogen-bond donors (Lipinski definition) is 5. The van der Waals surface area contributed by atoms with Gasteiger partial charge < -0.3 is 31.0 Å². The molecule has 4 rings (SSSR count). The first kappa shape index (κ1) is 31.7. The fourth-order valence-corrected chi connectivity index (χ4v) is 4.94. The van der Waals surface area contributed by atoms with Gasteiger partial charge in [-0.25, -0.2) is 0 Å². The highest BCUT2D eigenvalue weighted by molar-refractivity contribution is 5.93. The molecule has 0 aliphatic rings. The summed E-state index contributed by atoms with van der Waals surface area (Å²) in [4.78, 5) is 51.9. The lowest BCUT2D eigenvalue weighted by molar-refractivity contribution is -0.133. The van der Waals surface area contributed by atoms with Crippen LogP contribution in [0.3, 0.4) is 0 Å². The third kappa shape index (κ3) is 8.91. The number of rotatable bonds is 13. The number of fused-ring (bicyclic) bond motifs is 1. The average molecular weight is 596 g/mol. The van der Waals surface area contributed by atoms with Gasteiger partial charge in [0.1, 0.15) is 29.9 Å². The van der Waals surface area contributed by atoms with Crippen LogP contribution in [-0.4, -0.2) is 52.3 Å². The minimum atomic E-state index is -1.01. The van der Waals surface area contributed by atoms with E-state index in [2.05, 4.69) is 16.0 Å². The fraction of sp³-hybridized carbons (Fsp3) is 0.257. The molecular formula is C35H37N3O6. The van der Waals surface area contributed by atoms with E-state index < -0.39 is 29.9 Å². The number of aromatic hydroxyl groups is 2. The van der Waals surface area contributed by atoms with E-state index in [4.69, 9.17) is 0 Å². The third-order valence-electron chi connectivity index (χ3n) is 7.34. The van der Waals surface area contributed by atoms with Crippen molar-refractivity contribution >= 4 is 34.8 Å². The van der Waals surface area contributed by atoms with Crippen molar-refractivity contribution in [2.24, 2.45) is 5.92 Å². The molecule has 3 atom stereocenters. The molecule has 0 heterocycles. The maximum atomic E-state index is 13.6. The van der Waals surface area contributed by atoms with E-state index in [9.17, 15) is 29.4 Å². The van der Waals surface area contributed by atoms with Crippen molar-refractivity contribution in [2.45, 2.75) is 51.2 Å². The van der Waals surface area contributed by atoms with Crippen molar-refractivity contribution in [3.63, 3.8) is 0 Å². The van der Waals surface area contributed by atoms with Crippen molar-refractivity contribution in [1.82, 2.24) is 16.0 Å². The van der Waals surface area contributed by atoms with E-state index in [0.717, 1.165) is 21.9 Å². The van der Waals surface area contributed by atoms with Crippen LogP contribution in [0.5, 0.6) is 11.5 Å². The van der Waals surface area contributed by atoms with Crippen LogP contribution in [0.1, 0.15) is 30.5 Å². The molecule has 3 amide bonds. The number of hydrogen-bond acceptors (Lipinski definition) is 6. The van der Waals surface area contributed by atoms with E-state index >= 15 is 0 Å². The minimum absolute atomic E-state index is 0.0521. The molecule has 4 aromatic rings. The Morgan fingerprint density at radius 1 is 0.682 bits per heavy atom. The Bertz CT molecular complexity index is 1600. The Hall–Kier alpha value is -5.18. The average Bonchev–Trinajstić information content (AvgIpc) is 3.00. The van der Waals surface area contributed by atoms with Gasteiger partial charge in [0.25, 0.3) is 0 Å². The van der Waals surface area contributed by atoms with Gasteiger partial charge >= 0.3 is 0 Å². The number of phenols is 2. The number of aldehydes is 1. The van der Waals surface area contributed by atoms with E-state index in [-0.39, 0.29) is 42.6 Å². The van der Waals surface area contributed by atoms with Gasteiger partial charge in [0.2, 0.25) is 17.7 Å². The normalized spacial score (nSPS) is 13.1. The second kappa shape index (κ2) is 14.8. The van der Waals surface area contributed by atoms with Crippen LogP contribution in [0.25, 0.3) is 10.8 Å². The summed E-state index contributed by atoms with van der Waals surface area (Å²) < 4.78 is 0. The van der Waals surface area contributed by atoms with Crippen LogP contribution >= 0.6 is 0 Å². The Kier molecular flexibility index (Phi) is 10.7. The van der Waals surface area contributed by atoms with Crippen LogP contribution in [-0.2, 0) is 38.4 Å². The zero-order valence-corrected chi connectivity index (χ0v) is 24.7. The van der Waals surface area contributed by atoms with Gasteiger partial charge in [0, 0.05) is 6.42 Å². The summed E-state index contributed by atoms with van der Waals surface area (Å²) in [5.41, 5.74) is 2.24. The highest BCUT2D eigenvalue weighted by Gasteiger charge is 2.30. The first-order valence-electron chi connectivity index (χ1n) is 14.5. The molecule has 0 spiro atoms. The molecule has 44 heavy (non-hydrogen) atoms. The Morgan fingerprint density at radius 2 is 1.25 bits per heavy atom. The largest absolute Gasteiger partial charge is 0.508 e. The lowest BCUT2D eigenvalue weighted by Gasteiger charge is -2.26. The lowest BCUT2D eigenvalue weighted by Crippen LogP contribution is -2.57. The lowest BCUT2D eigenvalue weighted by atomic mass is 9.99. The van der Waals surface area contributed by atoms with Gasteiger partial charge in [-0.15, -0.1) is 0 Å². The topological polar surface area (TPSA) is 145 Å². The molecule has 9 nitrogen and oxygen atoms in total. The highest BCUT2D eigenvalue weighted by Crippen LogP contribution is 2.17. The summed E-state index contributed by atoms with van der Waals surface area (Å²) in [5, 5.41) is 29.6. The molecule has 0 saturated heterocycles. The predicted octanol–water partition coefficient (Wildman–Crippen LogP) is 3.59. The SMILES string of the molecule is CC(C)[C@H](NC(=O)[C@H](Cc1ccc(O)cc1)NC(=O)Cc1ccc2ccccc2c1)C(=O)N[C@H](C=O)Cc1ccc(O)cc1. The number of carbonyl (C=O) groups is 4. The molecule has 0 bridgehead atoms. The number of carbonyl (C=O) groups excluding carboxylic acids is 4. The van der Waals surface area contributed by atoms with Crippen LogP contribution in [0, 0.1) is 5.92 Å². The molecule has 0 aliphatic carbocycles. The van der Waals surface area contributed by atoms with Gasteiger partial charge in [-0.3, -0.25) is 14.4 Å². The first-order valence-corrected chi connectivity index (χ1v) is 14.5. The van der Waals surface area contributed by atoms with Gasteiger partial charge in [0.15, 0.2) is 0 Å². The number of phenolic OH excluding ortho intramolecular Hbond substituents is 2. The Labute approximate surface area is 256 Å². The highest BCUT2D eigenvalue weighted by atomic mass is 16.3. The third-order valence-corrected chi connectivity index (χ3v) is 7.34. The van der Waals surface area contributed by atoms with E-state index in [1.807, 2.05) is 42.5 Å². The van der Waals surface area contributed by atoms with Crippen LogP contribution < -0.4 is 16.0 Å². The number of nitrogens with one attached hydrogen (secondary N) is 3. The molecule has 9 heteroatoms. The van der Waals surface area contributed by atoms with Crippen molar-refractivity contribution in [1.29, 1.82) is 0 Å². The summed E-state index contributed by atoms with van der Waals surface area (Å²) >= 11 is 0. The van der Waals surface area contributed by atoms with Crippen molar-refractivity contribution in [3.8, 4) is 11.5 Å². The summed E-state index contributed by atoms with van der Waals surface area (Å²) in [6, 6.07) is 23.4. The molecule has 5 N–H and O–H groups in total. The second-order valence-electron chi connectivity index (χ2n) is 11.2. The minimum Gasteiger partial charge on any atom is -0.508 e. The Morgan fingerprint density at radius 3 is 1.84 bits per heavy atom. The standard InChI is InChI=1S/C35H37N3O6/c1-22(2)33(35(44)36-28(21-39)18-23-8-13-29(40)14-9-23)38-34(43)31(19-24-10-15-30(41)16-11-24)37-32(42)20-25-7-12-26-5-3-4-6-27(26)17-25/h3-17,21-22,28,31,33,40-41H,18-20H2,1-2H3,(H,36,44)(H,37,42)(H,38,43)/t28-,31-,33-/m0/s1. The predicted molar refractivity (Wildman–Crippen MR) is 168 cm³/mol. The zero-order valence-electron chi connectivity index (χ0n) is 24.7. The summed E-state index contributed by atoms with van der Waals surface area (Å²) in [6.45, 7) is 3.54. The molecule has 0 unspecified atom stereocenters. The van der Waals surface area contributed by atoms with Gasteiger partial charge in [-0.05, 0) is 64.1 Å². The van der Waals surface area contributed by atoms with Crippen LogP contribution in [0.2, 0.25) is 0 Å².